The Balaban J connectivity index is 2.24. The molecule has 10 heteroatoms. The first kappa shape index (κ1) is 22.0. The number of oxime groups is 1. The topological polar surface area (TPSA) is 63.6 Å². The van der Waals surface area contributed by atoms with Crippen LogP contribution < -0.4 is 5.32 Å². The molecule has 0 radical (unpaired) electrons. The summed E-state index contributed by atoms with van der Waals surface area (Å²) in [4.78, 5) is 21.5. The molecule has 2 rings (SSSR count). The van der Waals surface area contributed by atoms with Crippen LogP contribution in [0.5, 0.6) is 0 Å². The molecule has 0 saturated heterocycles. The van der Waals surface area contributed by atoms with Gasteiger partial charge in [0.1, 0.15) is 18.0 Å². The fourth-order valence-corrected chi connectivity index (χ4v) is 2.68. The molecule has 1 amide bonds. The average Bonchev–Trinajstić information content (AvgIpc) is 2.64. The molecule has 0 aliphatic rings. The average molecular weight is 434 g/mol. The number of carbonyl (C=O) groups is 1. The number of halogens is 5. The fraction of sp³-hybridized carbons (Fsp3) is 0.278. The monoisotopic (exact) mass is 433 g/mol. The van der Waals surface area contributed by atoms with Crippen molar-refractivity contribution < 1.29 is 22.8 Å². The molecule has 5 nitrogen and oxygen atoms in total. The lowest BCUT2D eigenvalue weighted by molar-refractivity contribution is -0.137. The molecule has 0 saturated carbocycles. The van der Waals surface area contributed by atoms with Gasteiger partial charge in [-0.1, -0.05) is 47.4 Å². The second kappa shape index (κ2) is 9.75. The van der Waals surface area contributed by atoms with Gasteiger partial charge in [0, 0.05) is 6.20 Å². The van der Waals surface area contributed by atoms with Crippen LogP contribution >= 0.6 is 23.2 Å². The van der Waals surface area contributed by atoms with Gasteiger partial charge >= 0.3 is 6.18 Å². The van der Waals surface area contributed by atoms with Crippen molar-refractivity contribution in [1.82, 2.24) is 10.3 Å². The van der Waals surface area contributed by atoms with Gasteiger partial charge in [-0.15, -0.1) is 0 Å². The van der Waals surface area contributed by atoms with Gasteiger partial charge in [-0.25, -0.2) is 0 Å². The van der Waals surface area contributed by atoms with Crippen LogP contribution in [-0.2, 0) is 11.0 Å². The number of nitrogens with one attached hydrogen (secondary N) is 1. The maximum Gasteiger partial charge on any atom is 0.417 e. The Morgan fingerprint density at radius 3 is 2.64 bits per heavy atom. The number of nitrogens with zero attached hydrogens (tertiary/aromatic N) is 2. The molecule has 0 atom stereocenters. The van der Waals surface area contributed by atoms with E-state index in [9.17, 15) is 18.0 Å². The second-order valence-corrected chi connectivity index (χ2v) is 6.42. The highest BCUT2D eigenvalue weighted by Gasteiger charge is 2.34. The number of aromatic nitrogens is 1. The van der Waals surface area contributed by atoms with E-state index in [-0.39, 0.29) is 23.0 Å². The molecule has 0 aliphatic heterocycles. The first-order valence-corrected chi connectivity index (χ1v) is 8.94. The van der Waals surface area contributed by atoms with Crippen molar-refractivity contribution in [2.45, 2.75) is 19.5 Å². The Bertz CT molecular complexity index is 873. The zero-order chi connectivity index (χ0) is 20.7. The molecule has 0 spiro atoms. The van der Waals surface area contributed by atoms with Crippen LogP contribution in [-0.4, -0.2) is 29.8 Å². The lowest BCUT2D eigenvalue weighted by Gasteiger charge is -2.13. The zero-order valence-corrected chi connectivity index (χ0v) is 16.2. The summed E-state index contributed by atoms with van der Waals surface area (Å²) in [5.41, 5.74) is -1.19. The van der Waals surface area contributed by atoms with E-state index >= 15 is 0 Å². The first-order chi connectivity index (χ1) is 13.2. The number of hydrogen-bond acceptors (Lipinski definition) is 4. The predicted octanol–water partition coefficient (Wildman–Crippen LogP) is 4.97. The normalized spacial score (nSPS) is 12.0. The van der Waals surface area contributed by atoms with Crippen LogP contribution in [0.3, 0.4) is 0 Å². The van der Waals surface area contributed by atoms with E-state index in [1.807, 2.05) is 6.92 Å². The van der Waals surface area contributed by atoms with E-state index in [2.05, 4.69) is 15.5 Å². The summed E-state index contributed by atoms with van der Waals surface area (Å²) < 4.78 is 39.3. The number of benzene rings is 1. The number of pyridine rings is 1. The van der Waals surface area contributed by atoms with Gasteiger partial charge in [-0.05, 0) is 24.6 Å². The molecule has 0 unspecified atom stereocenters. The molecule has 150 valence electrons. The minimum Gasteiger partial charge on any atom is -0.395 e. The van der Waals surface area contributed by atoms with Crippen LogP contribution in [0.2, 0.25) is 10.0 Å². The quantitative estimate of drug-likeness (QED) is 0.380. The van der Waals surface area contributed by atoms with Crippen molar-refractivity contribution in [3.05, 3.63) is 63.4 Å². The maximum atomic E-state index is 13.1. The Kier molecular flexibility index (Phi) is 7.65. The molecule has 2 aromatic rings. The largest absolute Gasteiger partial charge is 0.417 e. The van der Waals surface area contributed by atoms with Crippen LogP contribution in [0, 0.1) is 0 Å². The summed E-state index contributed by atoms with van der Waals surface area (Å²) in [5.74, 6) is -0.916. The minimum atomic E-state index is -4.66. The SMILES string of the molecule is CCCO/N=C(\CNC(=O)c1ccccc1C(F)(F)F)c1ncc(Cl)cc1Cl. The maximum absolute atomic E-state index is 13.1. The molecular formula is C18H16Cl2F3N3O2. The lowest BCUT2D eigenvalue weighted by atomic mass is 10.1. The van der Waals surface area contributed by atoms with E-state index in [4.69, 9.17) is 28.0 Å². The molecule has 1 aromatic carbocycles. The third-order valence-corrected chi connectivity index (χ3v) is 3.94. The molecule has 0 fully saturated rings. The second-order valence-electron chi connectivity index (χ2n) is 5.58. The number of amides is 1. The van der Waals surface area contributed by atoms with Gasteiger partial charge in [0.25, 0.3) is 5.91 Å². The molecule has 0 aliphatic carbocycles. The lowest BCUT2D eigenvalue weighted by Crippen LogP contribution is -2.32. The Labute approximate surface area is 169 Å². The molecular weight excluding hydrogens is 418 g/mol. The molecule has 1 heterocycles. The van der Waals surface area contributed by atoms with Crippen LogP contribution in [0.15, 0.2) is 41.7 Å². The minimum absolute atomic E-state index is 0.146. The van der Waals surface area contributed by atoms with E-state index in [1.54, 1.807) is 0 Å². The Hall–Kier alpha value is -2.32. The van der Waals surface area contributed by atoms with E-state index < -0.39 is 23.2 Å². The third-order valence-electron chi connectivity index (χ3n) is 3.44. The molecule has 0 bridgehead atoms. The molecule has 1 N–H and O–H groups in total. The van der Waals surface area contributed by atoms with Gasteiger partial charge in [0.2, 0.25) is 0 Å². The van der Waals surface area contributed by atoms with Gasteiger partial charge in [0.15, 0.2) is 0 Å². The van der Waals surface area contributed by atoms with Crippen molar-refractivity contribution >= 4 is 34.8 Å². The highest BCUT2D eigenvalue weighted by Crippen LogP contribution is 2.31. The summed E-state index contributed by atoms with van der Waals surface area (Å²) in [6, 6.07) is 5.92. The van der Waals surface area contributed by atoms with Gasteiger partial charge in [-0.2, -0.15) is 13.2 Å². The predicted molar refractivity (Wildman–Crippen MR) is 101 cm³/mol. The summed E-state index contributed by atoms with van der Waals surface area (Å²) >= 11 is 11.9. The Morgan fingerprint density at radius 1 is 1.29 bits per heavy atom. The number of hydrogen-bond donors (Lipinski definition) is 1. The van der Waals surface area contributed by atoms with Crippen molar-refractivity contribution in [2.75, 3.05) is 13.2 Å². The molecule has 28 heavy (non-hydrogen) atoms. The van der Waals surface area contributed by atoms with Crippen molar-refractivity contribution in [3.63, 3.8) is 0 Å². The fourth-order valence-electron chi connectivity index (χ4n) is 2.19. The zero-order valence-electron chi connectivity index (χ0n) is 14.7. The highest BCUT2D eigenvalue weighted by molar-refractivity contribution is 6.36. The number of carbonyl (C=O) groups excluding carboxylic acids is 1. The summed E-state index contributed by atoms with van der Waals surface area (Å²) in [6.45, 7) is 1.93. The number of alkyl halides is 3. The van der Waals surface area contributed by atoms with E-state index in [0.29, 0.717) is 18.1 Å². The van der Waals surface area contributed by atoms with Gasteiger partial charge in [0.05, 0.1) is 27.7 Å². The van der Waals surface area contributed by atoms with Crippen LogP contribution in [0.1, 0.15) is 35.0 Å². The van der Waals surface area contributed by atoms with Crippen molar-refractivity contribution in [3.8, 4) is 0 Å². The van der Waals surface area contributed by atoms with E-state index in [0.717, 1.165) is 12.1 Å². The van der Waals surface area contributed by atoms with Crippen LogP contribution in [0.4, 0.5) is 13.2 Å². The number of rotatable bonds is 7. The standard InChI is InChI=1S/C18H16Cl2F3N3O2/c1-2-7-28-26-15(16-14(20)8-11(19)9-24-16)10-25-17(27)12-5-3-4-6-13(12)18(21,22)23/h3-6,8-9H,2,7,10H2,1H3,(H,25,27)/b26-15+. The Morgan fingerprint density at radius 2 is 2.00 bits per heavy atom. The highest BCUT2D eigenvalue weighted by atomic mass is 35.5. The van der Waals surface area contributed by atoms with Crippen molar-refractivity contribution in [2.24, 2.45) is 5.16 Å². The van der Waals surface area contributed by atoms with E-state index in [1.165, 1.54) is 24.4 Å². The molecule has 1 aromatic heterocycles. The summed E-state index contributed by atoms with van der Waals surface area (Å²) in [6.07, 6.45) is -2.64. The summed E-state index contributed by atoms with van der Waals surface area (Å²) in [5, 5.41) is 6.76. The van der Waals surface area contributed by atoms with Gasteiger partial charge in [-0.3, -0.25) is 9.78 Å². The first-order valence-electron chi connectivity index (χ1n) is 8.18. The van der Waals surface area contributed by atoms with Gasteiger partial charge < -0.3 is 10.2 Å². The summed E-state index contributed by atoms with van der Waals surface area (Å²) in [7, 11) is 0. The van der Waals surface area contributed by atoms with Crippen molar-refractivity contribution in [1.29, 1.82) is 0 Å². The third kappa shape index (κ3) is 5.84. The smallest absolute Gasteiger partial charge is 0.395 e. The van der Waals surface area contributed by atoms with Crippen LogP contribution in [0.25, 0.3) is 0 Å².